The van der Waals surface area contributed by atoms with Crippen molar-refractivity contribution in [3.05, 3.63) is 30.1 Å². The highest BCUT2D eigenvalue weighted by Gasteiger charge is 2.33. The lowest BCUT2D eigenvalue weighted by Crippen LogP contribution is -2.44. The van der Waals surface area contributed by atoms with Crippen molar-refractivity contribution >= 4 is 11.7 Å². The molecule has 0 heterocycles. The first kappa shape index (κ1) is 17.5. The van der Waals surface area contributed by atoms with Crippen LogP contribution in [0.4, 0.5) is 10.1 Å². The van der Waals surface area contributed by atoms with Crippen molar-refractivity contribution in [3.8, 4) is 0 Å². The third-order valence-electron chi connectivity index (χ3n) is 3.66. The largest absolute Gasteiger partial charge is 0.467 e. The van der Waals surface area contributed by atoms with E-state index in [-0.39, 0.29) is 11.8 Å². The molecule has 0 radical (unpaired) electrons. The van der Waals surface area contributed by atoms with Crippen LogP contribution in [0.15, 0.2) is 24.3 Å². The zero-order valence-electron chi connectivity index (χ0n) is 13.2. The molecule has 1 rings (SSSR count). The average molecular weight is 295 g/mol. The van der Waals surface area contributed by atoms with Gasteiger partial charge in [0.15, 0.2) is 0 Å². The molecule has 3 nitrogen and oxygen atoms in total. The van der Waals surface area contributed by atoms with E-state index in [9.17, 15) is 9.18 Å². The minimum Gasteiger partial charge on any atom is -0.467 e. The molecule has 1 aromatic rings. The lowest BCUT2D eigenvalue weighted by molar-refractivity contribution is -0.145. The molecule has 0 bridgehead atoms. The van der Waals surface area contributed by atoms with E-state index in [1.165, 1.54) is 38.5 Å². The summed E-state index contributed by atoms with van der Waals surface area (Å²) in [6, 6.07) is 6.14. The molecule has 1 unspecified atom stereocenters. The quantitative estimate of drug-likeness (QED) is 0.537. The van der Waals surface area contributed by atoms with Gasteiger partial charge in [-0.05, 0) is 31.5 Å². The summed E-state index contributed by atoms with van der Waals surface area (Å²) in [5.74, 6) is -0.641. The first-order valence-corrected chi connectivity index (χ1v) is 7.64. The Morgan fingerprint density at radius 3 is 2.62 bits per heavy atom. The second-order valence-corrected chi connectivity index (χ2v) is 5.62. The van der Waals surface area contributed by atoms with Gasteiger partial charge in [0.05, 0.1) is 7.11 Å². The molecule has 1 atom stereocenters. The van der Waals surface area contributed by atoms with Gasteiger partial charge < -0.3 is 10.1 Å². The number of carbonyl (C=O) groups is 1. The normalized spacial score (nSPS) is 13.5. The summed E-state index contributed by atoms with van der Waals surface area (Å²) < 4.78 is 18.2. The van der Waals surface area contributed by atoms with Crippen LogP contribution < -0.4 is 5.32 Å². The van der Waals surface area contributed by atoms with Gasteiger partial charge in [-0.2, -0.15) is 0 Å². The first-order valence-electron chi connectivity index (χ1n) is 7.64. The standard InChI is InChI=1S/C17H26FNO2/c1-4-5-6-7-8-12-17(2,16(20)21-3)19-15-11-9-10-14(18)13-15/h9-11,13,19H,4-8,12H2,1-3H3. The zero-order valence-corrected chi connectivity index (χ0v) is 13.2. The van der Waals surface area contributed by atoms with E-state index in [1.807, 2.05) is 6.92 Å². The number of nitrogens with one attached hydrogen (secondary N) is 1. The Hall–Kier alpha value is -1.58. The van der Waals surface area contributed by atoms with E-state index < -0.39 is 5.54 Å². The second-order valence-electron chi connectivity index (χ2n) is 5.62. The smallest absolute Gasteiger partial charge is 0.331 e. The number of anilines is 1. The highest BCUT2D eigenvalue weighted by atomic mass is 19.1. The SMILES string of the molecule is CCCCCCCC(C)(Nc1cccc(F)c1)C(=O)OC. The monoisotopic (exact) mass is 295 g/mol. The number of hydrogen-bond donors (Lipinski definition) is 1. The number of hydrogen-bond acceptors (Lipinski definition) is 3. The highest BCUT2D eigenvalue weighted by molar-refractivity contribution is 5.83. The van der Waals surface area contributed by atoms with Crippen molar-refractivity contribution < 1.29 is 13.9 Å². The van der Waals surface area contributed by atoms with Crippen molar-refractivity contribution in [1.29, 1.82) is 0 Å². The molecular formula is C17H26FNO2. The number of ether oxygens (including phenoxy) is 1. The first-order chi connectivity index (χ1) is 10.0. The Balaban J connectivity index is 2.67. The van der Waals surface area contributed by atoms with E-state index in [0.717, 1.165) is 12.8 Å². The minimum absolute atomic E-state index is 0.317. The molecule has 0 saturated heterocycles. The zero-order chi connectivity index (χ0) is 15.7. The van der Waals surface area contributed by atoms with Gasteiger partial charge in [0.2, 0.25) is 0 Å². The third kappa shape index (κ3) is 5.74. The molecule has 0 aliphatic rings. The lowest BCUT2D eigenvalue weighted by atomic mass is 9.93. The third-order valence-corrected chi connectivity index (χ3v) is 3.66. The highest BCUT2D eigenvalue weighted by Crippen LogP contribution is 2.23. The summed E-state index contributed by atoms with van der Waals surface area (Å²) >= 11 is 0. The van der Waals surface area contributed by atoms with Crippen LogP contribution in [-0.4, -0.2) is 18.6 Å². The van der Waals surface area contributed by atoms with E-state index in [1.54, 1.807) is 12.1 Å². The molecule has 0 saturated carbocycles. The maximum absolute atomic E-state index is 13.3. The van der Waals surface area contributed by atoms with Gasteiger partial charge in [0, 0.05) is 5.69 Å². The molecule has 0 fully saturated rings. The van der Waals surface area contributed by atoms with Gasteiger partial charge in [0.1, 0.15) is 11.4 Å². The van der Waals surface area contributed by atoms with Crippen molar-refractivity contribution in [3.63, 3.8) is 0 Å². The van der Waals surface area contributed by atoms with Crippen molar-refractivity contribution in [2.75, 3.05) is 12.4 Å². The van der Waals surface area contributed by atoms with Crippen LogP contribution in [0.2, 0.25) is 0 Å². The second kappa shape index (κ2) is 8.65. The molecule has 0 aliphatic carbocycles. The molecule has 0 spiro atoms. The van der Waals surface area contributed by atoms with Gasteiger partial charge >= 0.3 is 5.97 Å². The maximum Gasteiger partial charge on any atom is 0.331 e. The molecule has 0 aromatic heterocycles. The maximum atomic E-state index is 13.3. The number of unbranched alkanes of at least 4 members (excludes halogenated alkanes) is 4. The van der Waals surface area contributed by atoms with Crippen LogP contribution in [0.3, 0.4) is 0 Å². The topological polar surface area (TPSA) is 38.3 Å². The number of methoxy groups -OCH3 is 1. The summed E-state index contributed by atoms with van der Waals surface area (Å²) in [7, 11) is 1.38. The molecule has 118 valence electrons. The number of esters is 1. The minimum atomic E-state index is -0.825. The molecule has 1 N–H and O–H groups in total. The van der Waals surface area contributed by atoms with Crippen LogP contribution in [0.25, 0.3) is 0 Å². The van der Waals surface area contributed by atoms with Gasteiger partial charge in [-0.25, -0.2) is 9.18 Å². The lowest BCUT2D eigenvalue weighted by Gasteiger charge is -2.29. The number of benzene rings is 1. The predicted molar refractivity (Wildman–Crippen MR) is 83.8 cm³/mol. The fourth-order valence-electron chi connectivity index (χ4n) is 2.41. The van der Waals surface area contributed by atoms with Crippen LogP contribution in [0.5, 0.6) is 0 Å². The summed E-state index contributed by atoms with van der Waals surface area (Å²) in [5, 5.41) is 3.12. The Labute approximate surface area is 126 Å². The molecule has 0 aliphatic heterocycles. The number of halogens is 1. The average Bonchev–Trinajstić information content (AvgIpc) is 2.46. The van der Waals surface area contributed by atoms with E-state index in [2.05, 4.69) is 12.2 Å². The van der Waals surface area contributed by atoms with E-state index in [0.29, 0.717) is 12.1 Å². The Bertz CT molecular complexity index is 450. The Morgan fingerprint density at radius 1 is 1.29 bits per heavy atom. The number of carbonyl (C=O) groups excluding carboxylic acids is 1. The summed E-state index contributed by atoms with van der Waals surface area (Å²) in [6.45, 7) is 3.98. The summed E-state index contributed by atoms with van der Waals surface area (Å²) in [6.07, 6.45) is 6.27. The molecule has 21 heavy (non-hydrogen) atoms. The van der Waals surface area contributed by atoms with Gasteiger partial charge in [0.25, 0.3) is 0 Å². The van der Waals surface area contributed by atoms with Crippen molar-refractivity contribution in [1.82, 2.24) is 0 Å². The van der Waals surface area contributed by atoms with Gasteiger partial charge in [-0.15, -0.1) is 0 Å². The van der Waals surface area contributed by atoms with Crippen LogP contribution in [0, 0.1) is 5.82 Å². The van der Waals surface area contributed by atoms with Crippen LogP contribution >= 0.6 is 0 Å². The number of rotatable bonds is 9. The molecule has 1 aromatic carbocycles. The van der Waals surface area contributed by atoms with E-state index >= 15 is 0 Å². The summed E-state index contributed by atoms with van der Waals surface area (Å²) in [4.78, 5) is 12.1. The Kier molecular flexibility index (Phi) is 7.20. The fraction of sp³-hybridized carbons (Fsp3) is 0.588. The van der Waals surface area contributed by atoms with Crippen LogP contribution in [-0.2, 0) is 9.53 Å². The Morgan fingerprint density at radius 2 is 2.00 bits per heavy atom. The predicted octanol–water partition coefficient (Wildman–Crippen LogP) is 4.53. The van der Waals surface area contributed by atoms with E-state index in [4.69, 9.17) is 4.74 Å². The molecule has 4 heteroatoms. The summed E-state index contributed by atoms with van der Waals surface area (Å²) in [5.41, 5.74) is -0.231. The van der Waals surface area contributed by atoms with Gasteiger partial charge in [-0.1, -0.05) is 45.1 Å². The fourth-order valence-corrected chi connectivity index (χ4v) is 2.41. The van der Waals surface area contributed by atoms with Crippen LogP contribution in [0.1, 0.15) is 52.4 Å². The van der Waals surface area contributed by atoms with Crippen molar-refractivity contribution in [2.24, 2.45) is 0 Å². The molecule has 0 amide bonds. The van der Waals surface area contributed by atoms with Crippen molar-refractivity contribution in [2.45, 2.75) is 57.9 Å². The van der Waals surface area contributed by atoms with Gasteiger partial charge in [-0.3, -0.25) is 0 Å². The molecular weight excluding hydrogens is 269 g/mol.